The summed E-state index contributed by atoms with van der Waals surface area (Å²) in [7, 11) is 1.33. The van der Waals surface area contributed by atoms with E-state index >= 15 is 0 Å². The highest BCUT2D eigenvalue weighted by Crippen LogP contribution is 2.20. The second-order valence-electron chi connectivity index (χ2n) is 7.84. The number of benzene rings is 1. The molecule has 1 unspecified atom stereocenters. The van der Waals surface area contributed by atoms with Crippen molar-refractivity contribution < 1.29 is 19.1 Å². The number of rotatable bonds is 7. The molecule has 1 heterocycles. The van der Waals surface area contributed by atoms with E-state index in [1.54, 1.807) is 18.2 Å². The van der Waals surface area contributed by atoms with Crippen molar-refractivity contribution in [2.75, 3.05) is 45.2 Å². The molecule has 8 heteroatoms. The maximum absolute atomic E-state index is 12.5. The van der Waals surface area contributed by atoms with E-state index in [1.165, 1.54) is 7.11 Å². The van der Waals surface area contributed by atoms with E-state index in [-0.39, 0.29) is 24.4 Å². The molecule has 2 N–H and O–H groups in total. The molecule has 1 aromatic rings. The predicted molar refractivity (Wildman–Crippen MR) is 110 cm³/mol. The molecule has 158 valence electrons. The molecule has 2 aliphatic rings. The van der Waals surface area contributed by atoms with Gasteiger partial charge in [0.05, 0.1) is 25.3 Å². The molecule has 0 spiro atoms. The molecule has 3 rings (SSSR count). The normalized spacial score (nSPS) is 18.7. The summed E-state index contributed by atoms with van der Waals surface area (Å²) >= 11 is 0. The van der Waals surface area contributed by atoms with Gasteiger partial charge < -0.3 is 15.4 Å². The zero-order valence-corrected chi connectivity index (χ0v) is 17.4. The van der Waals surface area contributed by atoms with Crippen molar-refractivity contribution in [2.24, 2.45) is 0 Å². The Hall–Kier alpha value is -2.45. The smallest absolute Gasteiger partial charge is 0.337 e. The van der Waals surface area contributed by atoms with Crippen molar-refractivity contribution in [3.63, 3.8) is 0 Å². The molecule has 2 fully saturated rings. The number of nitrogens with zero attached hydrogens (tertiary/aromatic N) is 2. The third-order valence-corrected chi connectivity index (χ3v) is 5.56. The minimum atomic E-state index is -0.434. The molecule has 1 aromatic carbocycles. The Morgan fingerprint density at radius 3 is 2.48 bits per heavy atom. The predicted octanol–water partition coefficient (Wildman–Crippen LogP) is 1.00. The van der Waals surface area contributed by atoms with Gasteiger partial charge in [0.1, 0.15) is 0 Å². The zero-order valence-electron chi connectivity index (χ0n) is 17.4. The monoisotopic (exact) mass is 402 g/mol. The van der Waals surface area contributed by atoms with Crippen molar-refractivity contribution in [2.45, 2.75) is 38.8 Å². The zero-order chi connectivity index (χ0) is 21.0. The van der Waals surface area contributed by atoms with Crippen LogP contribution in [0.15, 0.2) is 18.2 Å². The van der Waals surface area contributed by atoms with Gasteiger partial charge in [-0.05, 0) is 44.4 Å². The van der Waals surface area contributed by atoms with Crippen LogP contribution in [-0.2, 0) is 14.3 Å². The third-order valence-electron chi connectivity index (χ3n) is 5.56. The van der Waals surface area contributed by atoms with E-state index in [0.29, 0.717) is 17.3 Å². The van der Waals surface area contributed by atoms with Gasteiger partial charge in [-0.3, -0.25) is 19.4 Å². The average Bonchev–Trinajstić information content (AvgIpc) is 3.53. The third kappa shape index (κ3) is 5.77. The van der Waals surface area contributed by atoms with Gasteiger partial charge in [-0.2, -0.15) is 0 Å². The van der Waals surface area contributed by atoms with Gasteiger partial charge in [-0.1, -0.05) is 6.07 Å². The molecule has 0 radical (unpaired) electrons. The van der Waals surface area contributed by atoms with E-state index in [4.69, 9.17) is 4.74 Å². The Morgan fingerprint density at radius 1 is 1.17 bits per heavy atom. The summed E-state index contributed by atoms with van der Waals surface area (Å²) in [5, 5.41) is 5.94. The number of carbonyl (C=O) groups is 3. The van der Waals surface area contributed by atoms with Crippen LogP contribution in [0.2, 0.25) is 0 Å². The number of aryl methyl sites for hydroxylation is 1. The summed E-state index contributed by atoms with van der Waals surface area (Å²) in [6.45, 7) is 7.07. The lowest BCUT2D eigenvalue weighted by molar-refractivity contribution is -0.127. The average molecular weight is 402 g/mol. The number of esters is 1. The van der Waals surface area contributed by atoms with E-state index in [0.717, 1.165) is 44.6 Å². The van der Waals surface area contributed by atoms with Gasteiger partial charge in [-0.15, -0.1) is 0 Å². The summed E-state index contributed by atoms with van der Waals surface area (Å²) in [5.41, 5.74) is 1.90. The SMILES string of the molecule is COC(=O)c1ccc(C)c(NC(=O)CN2CCN(C(C)C(=O)NC3CC3)CC2)c1. The molecular weight excluding hydrogens is 372 g/mol. The Bertz CT molecular complexity index is 770. The Labute approximate surface area is 171 Å². The molecule has 1 aliphatic heterocycles. The number of hydrogen-bond acceptors (Lipinski definition) is 6. The fraction of sp³-hybridized carbons (Fsp3) is 0.571. The molecule has 29 heavy (non-hydrogen) atoms. The van der Waals surface area contributed by atoms with Crippen molar-refractivity contribution >= 4 is 23.5 Å². The molecule has 1 saturated carbocycles. The molecular formula is C21H30N4O4. The fourth-order valence-corrected chi connectivity index (χ4v) is 3.42. The van der Waals surface area contributed by atoms with Gasteiger partial charge >= 0.3 is 5.97 Å². The highest BCUT2D eigenvalue weighted by Gasteiger charge is 2.30. The molecule has 8 nitrogen and oxygen atoms in total. The van der Waals surface area contributed by atoms with Gasteiger partial charge in [0.15, 0.2) is 0 Å². The van der Waals surface area contributed by atoms with Crippen molar-refractivity contribution in [3.05, 3.63) is 29.3 Å². The maximum Gasteiger partial charge on any atom is 0.337 e. The number of amides is 2. The number of piperazine rings is 1. The second-order valence-corrected chi connectivity index (χ2v) is 7.84. The lowest BCUT2D eigenvalue weighted by Crippen LogP contribution is -2.55. The van der Waals surface area contributed by atoms with Crippen LogP contribution in [0.4, 0.5) is 5.69 Å². The van der Waals surface area contributed by atoms with E-state index in [1.807, 2.05) is 13.8 Å². The van der Waals surface area contributed by atoms with Gasteiger partial charge in [0.2, 0.25) is 11.8 Å². The summed E-state index contributed by atoms with van der Waals surface area (Å²) in [6.07, 6.45) is 2.17. The molecule has 1 atom stereocenters. The Balaban J connectivity index is 1.47. The number of anilines is 1. The quantitative estimate of drug-likeness (QED) is 0.662. The lowest BCUT2D eigenvalue weighted by atomic mass is 10.1. The van der Waals surface area contributed by atoms with Crippen LogP contribution in [0.5, 0.6) is 0 Å². The molecule has 0 bridgehead atoms. The summed E-state index contributed by atoms with van der Waals surface area (Å²) in [5.74, 6) is -0.459. The van der Waals surface area contributed by atoms with Crippen LogP contribution in [-0.4, -0.2) is 79.5 Å². The lowest BCUT2D eigenvalue weighted by Gasteiger charge is -2.37. The summed E-state index contributed by atoms with van der Waals surface area (Å²) in [6, 6.07) is 5.33. The molecule has 0 aromatic heterocycles. The number of methoxy groups -OCH3 is 1. The first-order chi connectivity index (χ1) is 13.9. The number of hydrogen-bond donors (Lipinski definition) is 2. The minimum Gasteiger partial charge on any atom is -0.465 e. The van der Waals surface area contributed by atoms with Gasteiger partial charge in [-0.25, -0.2) is 4.79 Å². The topological polar surface area (TPSA) is 91.0 Å². The number of ether oxygens (including phenoxy) is 1. The minimum absolute atomic E-state index is 0.0969. The van der Waals surface area contributed by atoms with E-state index in [2.05, 4.69) is 20.4 Å². The van der Waals surface area contributed by atoms with Crippen LogP contribution >= 0.6 is 0 Å². The Kier molecular flexibility index (Phi) is 6.87. The fourth-order valence-electron chi connectivity index (χ4n) is 3.42. The summed E-state index contributed by atoms with van der Waals surface area (Å²) in [4.78, 5) is 40.7. The van der Waals surface area contributed by atoms with Crippen LogP contribution in [0.3, 0.4) is 0 Å². The van der Waals surface area contributed by atoms with Crippen LogP contribution in [0.1, 0.15) is 35.7 Å². The number of nitrogens with one attached hydrogen (secondary N) is 2. The van der Waals surface area contributed by atoms with E-state index in [9.17, 15) is 14.4 Å². The first-order valence-electron chi connectivity index (χ1n) is 10.1. The highest BCUT2D eigenvalue weighted by atomic mass is 16.5. The molecule has 1 aliphatic carbocycles. The summed E-state index contributed by atoms with van der Waals surface area (Å²) < 4.78 is 4.74. The number of carbonyl (C=O) groups excluding carboxylic acids is 3. The largest absolute Gasteiger partial charge is 0.465 e. The van der Waals surface area contributed by atoms with Crippen LogP contribution in [0, 0.1) is 6.92 Å². The second kappa shape index (κ2) is 9.37. The molecule has 2 amide bonds. The van der Waals surface area contributed by atoms with Gasteiger partial charge in [0.25, 0.3) is 0 Å². The van der Waals surface area contributed by atoms with Crippen LogP contribution < -0.4 is 10.6 Å². The van der Waals surface area contributed by atoms with Crippen molar-refractivity contribution in [1.82, 2.24) is 15.1 Å². The van der Waals surface area contributed by atoms with Crippen molar-refractivity contribution in [1.29, 1.82) is 0 Å². The highest BCUT2D eigenvalue weighted by molar-refractivity contribution is 5.96. The first-order valence-corrected chi connectivity index (χ1v) is 10.1. The molecule has 1 saturated heterocycles. The van der Waals surface area contributed by atoms with Crippen molar-refractivity contribution in [3.8, 4) is 0 Å². The van der Waals surface area contributed by atoms with Crippen LogP contribution in [0.25, 0.3) is 0 Å². The standard InChI is InChI=1S/C21H30N4O4/c1-14-4-5-16(21(28)29-3)12-18(14)23-19(26)13-24-8-10-25(11-9-24)15(2)20(27)22-17-6-7-17/h4-5,12,15,17H,6-11,13H2,1-3H3,(H,22,27)(H,23,26). The Morgan fingerprint density at radius 2 is 1.86 bits per heavy atom. The first kappa shape index (κ1) is 21.3. The van der Waals surface area contributed by atoms with Gasteiger partial charge in [0, 0.05) is 37.9 Å². The maximum atomic E-state index is 12.5. The van der Waals surface area contributed by atoms with E-state index < -0.39 is 5.97 Å².